The van der Waals surface area contributed by atoms with Gasteiger partial charge in [0.05, 0.1) is 19.1 Å². The third kappa shape index (κ3) is 2.31. The molecular weight excluding hydrogens is 206 g/mol. The van der Waals surface area contributed by atoms with Crippen molar-refractivity contribution in [2.24, 2.45) is 0 Å². The summed E-state index contributed by atoms with van der Waals surface area (Å²) in [5, 5.41) is 17.8. The number of carboxylic acid groups (broad SMARTS) is 1. The number of nitrogens with zero attached hydrogens (tertiary/aromatic N) is 1. The van der Waals surface area contributed by atoms with Gasteiger partial charge in [0.2, 0.25) is 0 Å². The van der Waals surface area contributed by atoms with E-state index >= 15 is 0 Å². The first kappa shape index (κ1) is 12.1. The minimum Gasteiger partial charge on any atom is -0.495 e. The average molecular weight is 219 g/mol. The van der Waals surface area contributed by atoms with Gasteiger partial charge in [-0.25, -0.2) is 0 Å². The minimum absolute atomic E-state index is 0.0676. The smallest absolute Gasteiger partial charge is 0.307 e. The lowest BCUT2D eigenvalue weighted by molar-refractivity contribution is -0.136. The number of ether oxygens (including phenoxy) is 1. The maximum absolute atomic E-state index is 10.7. The van der Waals surface area contributed by atoms with Crippen LogP contribution in [-0.4, -0.2) is 18.2 Å². The molecule has 4 nitrogen and oxygen atoms in total. The van der Waals surface area contributed by atoms with Crippen molar-refractivity contribution in [3.8, 4) is 11.8 Å². The zero-order valence-electron chi connectivity index (χ0n) is 9.28. The number of aliphatic carboxylic acids is 1. The Morgan fingerprint density at radius 1 is 1.56 bits per heavy atom. The van der Waals surface area contributed by atoms with E-state index in [9.17, 15) is 4.79 Å². The number of nitriles is 1. The van der Waals surface area contributed by atoms with Crippen molar-refractivity contribution in [3.63, 3.8) is 0 Å². The summed E-state index contributed by atoms with van der Waals surface area (Å²) in [6, 6.07) is 5.40. The zero-order valence-corrected chi connectivity index (χ0v) is 9.28. The molecular formula is C12H13NO3. The van der Waals surface area contributed by atoms with Gasteiger partial charge in [0.1, 0.15) is 11.8 Å². The van der Waals surface area contributed by atoms with Crippen molar-refractivity contribution >= 4 is 5.97 Å². The molecule has 0 radical (unpaired) electrons. The fourth-order valence-electron chi connectivity index (χ4n) is 1.69. The molecule has 0 saturated heterocycles. The quantitative estimate of drug-likeness (QED) is 0.837. The number of hydrogen-bond donors (Lipinski definition) is 1. The molecule has 0 unspecified atom stereocenters. The van der Waals surface area contributed by atoms with E-state index < -0.39 is 5.97 Å². The van der Waals surface area contributed by atoms with Crippen LogP contribution in [0.25, 0.3) is 0 Å². The predicted octanol–water partition coefficient (Wildman–Crippen LogP) is 1.76. The summed E-state index contributed by atoms with van der Waals surface area (Å²) in [7, 11) is 1.49. The maximum atomic E-state index is 10.7. The van der Waals surface area contributed by atoms with Crippen LogP contribution < -0.4 is 4.74 Å². The Balaban J connectivity index is 3.32. The highest BCUT2D eigenvalue weighted by atomic mass is 16.5. The van der Waals surface area contributed by atoms with Gasteiger partial charge < -0.3 is 9.84 Å². The Morgan fingerprint density at radius 3 is 2.69 bits per heavy atom. The predicted molar refractivity (Wildman–Crippen MR) is 58.4 cm³/mol. The molecule has 0 aromatic heterocycles. The summed E-state index contributed by atoms with van der Waals surface area (Å²) < 4.78 is 5.07. The summed E-state index contributed by atoms with van der Waals surface area (Å²) in [5.41, 5.74) is 1.86. The molecule has 0 spiro atoms. The van der Waals surface area contributed by atoms with E-state index in [-0.39, 0.29) is 6.42 Å². The van der Waals surface area contributed by atoms with Crippen LogP contribution in [0.5, 0.6) is 5.75 Å². The Labute approximate surface area is 94.1 Å². The van der Waals surface area contributed by atoms with Gasteiger partial charge in [-0.2, -0.15) is 5.26 Å². The molecule has 0 heterocycles. The van der Waals surface area contributed by atoms with E-state index in [0.717, 1.165) is 5.56 Å². The second kappa shape index (κ2) is 5.17. The van der Waals surface area contributed by atoms with Gasteiger partial charge in [-0.05, 0) is 23.6 Å². The monoisotopic (exact) mass is 219 g/mol. The number of hydrogen-bond acceptors (Lipinski definition) is 3. The van der Waals surface area contributed by atoms with Gasteiger partial charge in [0, 0.05) is 0 Å². The number of rotatable bonds is 4. The Hall–Kier alpha value is -2.02. The lowest BCUT2D eigenvalue weighted by Gasteiger charge is -2.11. The van der Waals surface area contributed by atoms with Gasteiger partial charge in [-0.15, -0.1) is 0 Å². The van der Waals surface area contributed by atoms with Crippen LogP contribution >= 0.6 is 0 Å². The number of carboxylic acids is 1. The number of benzene rings is 1. The maximum Gasteiger partial charge on any atom is 0.307 e. The van der Waals surface area contributed by atoms with E-state index in [1.807, 2.05) is 6.92 Å². The van der Waals surface area contributed by atoms with E-state index in [1.165, 1.54) is 7.11 Å². The molecule has 0 aliphatic carbocycles. The molecule has 1 N–H and O–H groups in total. The van der Waals surface area contributed by atoms with E-state index in [0.29, 0.717) is 23.3 Å². The van der Waals surface area contributed by atoms with Crippen molar-refractivity contribution < 1.29 is 14.6 Å². The molecule has 0 amide bonds. The molecule has 1 aromatic carbocycles. The zero-order chi connectivity index (χ0) is 12.1. The molecule has 84 valence electrons. The first-order valence-electron chi connectivity index (χ1n) is 4.94. The molecule has 1 aromatic rings. The van der Waals surface area contributed by atoms with Crippen LogP contribution in [0.3, 0.4) is 0 Å². The largest absolute Gasteiger partial charge is 0.495 e. The van der Waals surface area contributed by atoms with Gasteiger partial charge in [-0.3, -0.25) is 4.79 Å². The van der Waals surface area contributed by atoms with Crippen molar-refractivity contribution in [2.75, 3.05) is 7.11 Å². The summed E-state index contributed by atoms with van der Waals surface area (Å²) in [4.78, 5) is 10.7. The average Bonchev–Trinajstić information content (AvgIpc) is 2.27. The topological polar surface area (TPSA) is 70.3 Å². The SMILES string of the molecule is CCc1c(CC(=O)O)ccc(OC)c1C#N. The molecule has 0 fully saturated rings. The second-order valence-corrected chi connectivity index (χ2v) is 3.32. The van der Waals surface area contributed by atoms with Crippen LogP contribution in [-0.2, 0) is 17.6 Å². The Morgan fingerprint density at radius 2 is 2.25 bits per heavy atom. The summed E-state index contributed by atoms with van der Waals surface area (Å²) in [5.74, 6) is -0.405. The lowest BCUT2D eigenvalue weighted by atomic mass is 9.96. The highest BCUT2D eigenvalue weighted by Gasteiger charge is 2.14. The number of carbonyl (C=O) groups is 1. The minimum atomic E-state index is -0.899. The van der Waals surface area contributed by atoms with E-state index in [4.69, 9.17) is 15.1 Å². The normalized spacial score (nSPS) is 9.56. The summed E-state index contributed by atoms with van der Waals surface area (Å²) in [6.07, 6.45) is 0.546. The lowest BCUT2D eigenvalue weighted by Crippen LogP contribution is -2.06. The van der Waals surface area contributed by atoms with Crippen molar-refractivity contribution in [2.45, 2.75) is 19.8 Å². The van der Waals surface area contributed by atoms with Crippen molar-refractivity contribution in [3.05, 3.63) is 28.8 Å². The third-order valence-electron chi connectivity index (χ3n) is 2.40. The van der Waals surface area contributed by atoms with Crippen LogP contribution in [0.2, 0.25) is 0 Å². The molecule has 4 heteroatoms. The van der Waals surface area contributed by atoms with E-state index in [2.05, 4.69) is 6.07 Å². The Kier molecular flexibility index (Phi) is 3.90. The van der Waals surface area contributed by atoms with Gasteiger partial charge in [0.15, 0.2) is 0 Å². The molecule has 0 aliphatic rings. The fourth-order valence-corrected chi connectivity index (χ4v) is 1.69. The molecule has 0 bridgehead atoms. The van der Waals surface area contributed by atoms with Crippen LogP contribution in [0, 0.1) is 11.3 Å². The highest BCUT2D eigenvalue weighted by Crippen LogP contribution is 2.25. The third-order valence-corrected chi connectivity index (χ3v) is 2.40. The van der Waals surface area contributed by atoms with Gasteiger partial charge in [0.25, 0.3) is 0 Å². The first-order valence-corrected chi connectivity index (χ1v) is 4.94. The molecule has 0 saturated carbocycles. The van der Waals surface area contributed by atoms with Gasteiger partial charge in [-0.1, -0.05) is 13.0 Å². The molecule has 0 aliphatic heterocycles. The molecule has 16 heavy (non-hydrogen) atoms. The molecule has 0 atom stereocenters. The summed E-state index contributed by atoms with van der Waals surface area (Å²) >= 11 is 0. The number of methoxy groups -OCH3 is 1. The van der Waals surface area contributed by atoms with Crippen molar-refractivity contribution in [1.29, 1.82) is 5.26 Å². The Bertz CT molecular complexity index is 446. The van der Waals surface area contributed by atoms with E-state index in [1.54, 1.807) is 12.1 Å². The van der Waals surface area contributed by atoms with Crippen LogP contribution in [0.15, 0.2) is 12.1 Å². The first-order chi connectivity index (χ1) is 7.63. The van der Waals surface area contributed by atoms with Crippen LogP contribution in [0.1, 0.15) is 23.6 Å². The van der Waals surface area contributed by atoms with Gasteiger partial charge >= 0.3 is 5.97 Å². The second-order valence-electron chi connectivity index (χ2n) is 3.32. The highest BCUT2D eigenvalue weighted by molar-refractivity contribution is 5.71. The standard InChI is InChI=1S/C12H13NO3/c1-3-9-8(6-12(14)15)4-5-11(16-2)10(9)7-13/h4-5H,3,6H2,1-2H3,(H,14,15). The van der Waals surface area contributed by atoms with Crippen LogP contribution in [0.4, 0.5) is 0 Å². The molecule has 1 rings (SSSR count). The fraction of sp³-hybridized carbons (Fsp3) is 0.333. The van der Waals surface area contributed by atoms with Crippen molar-refractivity contribution in [1.82, 2.24) is 0 Å². The summed E-state index contributed by atoms with van der Waals surface area (Å²) in [6.45, 7) is 1.89.